The van der Waals surface area contributed by atoms with Gasteiger partial charge in [0.05, 0.1) is 0 Å². The molecule has 1 atom stereocenters. The second-order valence-electron chi connectivity index (χ2n) is 10.3. The van der Waals surface area contributed by atoms with Crippen LogP contribution in [0.2, 0.25) is 0 Å². The number of amides is 2. The highest BCUT2D eigenvalue weighted by molar-refractivity contribution is 7.71. The molecule has 39 heavy (non-hydrogen) atoms. The largest absolute Gasteiger partial charge is 0.444 e. The van der Waals surface area contributed by atoms with Crippen LogP contribution in [0.5, 0.6) is 0 Å². The topological polar surface area (TPSA) is 113 Å². The molecule has 0 saturated carbocycles. The van der Waals surface area contributed by atoms with Gasteiger partial charge < -0.3 is 19.4 Å². The summed E-state index contributed by atoms with van der Waals surface area (Å²) in [7, 11) is 0. The minimum atomic E-state index is -0.837. The molecule has 2 amide bonds. The van der Waals surface area contributed by atoms with Crippen molar-refractivity contribution in [1.82, 2.24) is 20.5 Å². The number of hydrogen-bond donors (Lipinski definition) is 2. The molecule has 5 rings (SSSR count). The molecule has 0 radical (unpaired) electrons. The van der Waals surface area contributed by atoms with Gasteiger partial charge in [0.1, 0.15) is 11.6 Å². The molecule has 3 heterocycles. The van der Waals surface area contributed by atoms with E-state index in [4.69, 9.17) is 21.4 Å². The van der Waals surface area contributed by atoms with Gasteiger partial charge in [0, 0.05) is 36.6 Å². The van der Waals surface area contributed by atoms with Crippen molar-refractivity contribution in [1.29, 1.82) is 0 Å². The fourth-order valence-corrected chi connectivity index (χ4v) is 4.79. The Bertz CT molecular complexity index is 1540. The predicted octanol–water partition coefficient (Wildman–Crippen LogP) is 5.49. The number of hydrogen-bond acceptors (Lipinski definition) is 7. The van der Waals surface area contributed by atoms with Gasteiger partial charge in [-0.2, -0.15) is 0 Å². The maximum Gasteiger partial charge on any atom is 0.408 e. The van der Waals surface area contributed by atoms with E-state index in [2.05, 4.69) is 20.5 Å². The molecule has 0 bridgehead atoms. The van der Waals surface area contributed by atoms with Crippen molar-refractivity contribution in [2.24, 2.45) is 0 Å². The number of carbonyl (C=O) groups excluding carboxylic acids is 2. The van der Waals surface area contributed by atoms with Crippen LogP contribution in [-0.4, -0.2) is 45.4 Å². The van der Waals surface area contributed by atoms with Crippen LogP contribution >= 0.6 is 12.2 Å². The lowest BCUT2D eigenvalue weighted by molar-refractivity contribution is -0.120. The number of H-pyrrole nitrogens is 1. The van der Waals surface area contributed by atoms with E-state index in [9.17, 15) is 9.59 Å². The number of aromatic amines is 1. The molecule has 0 aliphatic carbocycles. The van der Waals surface area contributed by atoms with Crippen molar-refractivity contribution in [3.8, 4) is 22.6 Å². The van der Waals surface area contributed by atoms with Gasteiger partial charge in [-0.1, -0.05) is 30.3 Å². The number of fused-ring (bicyclic) bond motifs is 1. The average molecular weight is 544 g/mol. The first-order chi connectivity index (χ1) is 18.7. The first-order valence-electron chi connectivity index (χ1n) is 12.7. The SMILES string of the molecule is CC(C)(C)OC(=O)N[C@@H](Cc1ccccc1)C(=O)N1CCc2c(-c3n[nH]c(=S)o3)cc(-c3ccncc3)cc21. The number of aromatic nitrogens is 3. The Hall–Kier alpha value is -4.31. The van der Waals surface area contributed by atoms with E-state index in [-0.39, 0.29) is 10.7 Å². The zero-order valence-corrected chi connectivity index (χ0v) is 22.7. The normalized spacial score (nSPS) is 13.6. The molecule has 2 aromatic carbocycles. The van der Waals surface area contributed by atoms with Gasteiger partial charge in [0.15, 0.2) is 0 Å². The first-order valence-corrected chi connectivity index (χ1v) is 13.1. The third-order valence-corrected chi connectivity index (χ3v) is 6.50. The highest BCUT2D eigenvalue weighted by Crippen LogP contribution is 2.40. The summed E-state index contributed by atoms with van der Waals surface area (Å²) in [5.41, 5.74) is 4.42. The number of benzene rings is 2. The maximum atomic E-state index is 14.1. The van der Waals surface area contributed by atoms with Crippen molar-refractivity contribution in [2.45, 2.75) is 45.3 Å². The van der Waals surface area contributed by atoms with Crippen LogP contribution in [-0.2, 0) is 22.4 Å². The molecule has 0 spiro atoms. The number of carbonyl (C=O) groups is 2. The second kappa shape index (κ2) is 10.8. The van der Waals surface area contributed by atoms with E-state index < -0.39 is 17.7 Å². The summed E-state index contributed by atoms with van der Waals surface area (Å²) in [4.78, 5) is 32.9. The maximum absolute atomic E-state index is 14.1. The number of alkyl carbamates (subject to hydrolysis) is 1. The van der Waals surface area contributed by atoms with Crippen LogP contribution in [0, 0.1) is 4.84 Å². The number of anilines is 1. The number of rotatable bonds is 6. The van der Waals surface area contributed by atoms with Crippen molar-refractivity contribution in [3.05, 3.63) is 83.0 Å². The summed E-state index contributed by atoms with van der Waals surface area (Å²) in [6, 6.07) is 16.5. The van der Waals surface area contributed by atoms with Crippen molar-refractivity contribution in [3.63, 3.8) is 0 Å². The molecule has 2 N–H and O–H groups in total. The Kier molecular flexibility index (Phi) is 7.30. The Morgan fingerprint density at radius 1 is 1.13 bits per heavy atom. The van der Waals surface area contributed by atoms with Crippen molar-refractivity contribution >= 4 is 29.9 Å². The standard InChI is InChI=1S/C29H29N5O4S/c1-29(2,3)38-27(36)31-23(15-18-7-5-4-6-8-18)26(35)34-14-11-21-22(25-32-33-28(39)37-25)16-20(17-24(21)34)19-9-12-30-13-10-19/h4-10,12-13,16-17,23H,11,14-15H2,1-3H3,(H,31,36)(H,33,39)/t23-/m0/s1. The molecule has 10 heteroatoms. The van der Waals surface area contributed by atoms with E-state index >= 15 is 0 Å². The molecular formula is C29H29N5O4S. The Morgan fingerprint density at radius 2 is 1.87 bits per heavy atom. The summed E-state index contributed by atoms with van der Waals surface area (Å²) >= 11 is 5.12. The molecule has 2 aromatic heterocycles. The average Bonchev–Trinajstić information content (AvgIpc) is 3.53. The van der Waals surface area contributed by atoms with E-state index in [0.717, 1.165) is 33.5 Å². The Balaban J connectivity index is 1.54. The van der Waals surface area contributed by atoms with Crippen LogP contribution in [0.4, 0.5) is 10.5 Å². The highest BCUT2D eigenvalue weighted by atomic mass is 32.1. The lowest BCUT2D eigenvalue weighted by atomic mass is 9.97. The molecule has 200 valence electrons. The second-order valence-corrected chi connectivity index (χ2v) is 10.7. The Morgan fingerprint density at radius 3 is 2.54 bits per heavy atom. The summed E-state index contributed by atoms with van der Waals surface area (Å²) in [5.74, 6) is 0.124. The summed E-state index contributed by atoms with van der Waals surface area (Å²) in [6.07, 6.45) is 3.69. The summed E-state index contributed by atoms with van der Waals surface area (Å²) < 4.78 is 11.1. The monoisotopic (exact) mass is 543 g/mol. The zero-order valence-electron chi connectivity index (χ0n) is 21.9. The van der Waals surface area contributed by atoms with Crippen LogP contribution in [0.1, 0.15) is 31.9 Å². The van der Waals surface area contributed by atoms with Crippen molar-refractivity contribution < 1.29 is 18.7 Å². The zero-order chi connectivity index (χ0) is 27.6. The van der Waals surface area contributed by atoms with Gasteiger partial charge in [0.2, 0.25) is 11.8 Å². The molecule has 4 aromatic rings. The van der Waals surface area contributed by atoms with Crippen LogP contribution in [0.15, 0.2) is 71.4 Å². The predicted molar refractivity (Wildman–Crippen MR) is 150 cm³/mol. The lowest BCUT2D eigenvalue weighted by Gasteiger charge is -2.27. The minimum Gasteiger partial charge on any atom is -0.444 e. The van der Waals surface area contributed by atoms with Crippen molar-refractivity contribution in [2.75, 3.05) is 11.4 Å². The number of nitrogens with zero attached hydrogens (tertiary/aromatic N) is 3. The van der Waals surface area contributed by atoms with Crippen LogP contribution < -0.4 is 10.2 Å². The van der Waals surface area contributed by atoms with Gasteiger partial charge in [-0.15, -0.1) is 5.10 Å². The fourth-order valence-electron chi connectivity index (χ4n) is 4.67. The van der Waals surface area contributed by atoms with Crippen LogP contribution in [0.3, 0.4) is 0 Å². The van der Waals surface area contributed by atoms with E-state index in [1.165, 1.54) is 0 Å². The smallest absolute Gasteiger partial charge is 0.408 e. The third kappa shape index (κ3) is 6.06. The number of pyridine rings is 1. The minimum absolute atomic E-state index is 0.170. The number of nitrogens with one attached hydrogen (secondary N) is 2. The molecular weight excluding hydrogens is 514 g/mol. The van der Waals surface area contributed by atoms with E-state index in [1.54, 1.807) is 38.1 Å². The van der Waals surface area contributed by atoms with Gasteiger partial charge in [-0.25, -0.2) is 9.89 Å². The molecule has 0 saturated heterocycles. The van der Waals surface area contributed by atoms with E-state index in [1.807, 2.05) is 54.6 Å². The van der Waals surface area contributed by atoms with Gasteiger partial charge in [-0.3, -0.25) is 9.78 Å². The summed E-state index contributed by atoms with van der Waals surface area (Å²) in [6.45, 7) is 5.79. The Labute approximate surface area is 231 Å². The van der Waals surface area contributed by atoms with Gasteiger partial charge in [-0.05, 0) is 85.9 Å². The lowest BCUT2D eigenvalue weighted by Crippen LogP contribution is -2.50. The molecule has 0 fully saturated rings. The van der Waals surface area contributed by atoms with Gasteiger partial charge in [0.25, 0.3) is 4.84 Å². The fraction of sp³-hybridized carbons (Fsp3) is 0.276. The van der Waals surface area contributed by atoms with Gasteiger partial charge >= 0.3 is 6.09 Å². The van der Waals surface area contributed by atoms with Crippen LogP contribution in [0.25, 0.3) is 22.6 Å². The number of ether oxygens (including phenoxy) is 1. The third-order valence-electron chi connectivity index (χ3n) is 6.32. The molecule has 1 aliphatic rings. The quantitative estimate of drug-likeness (QED) is 0.309. The summed E-state index contributed by atoms with van der Waals surface area (Å²) in [5, 5.41) is 9.75. The van der Waals surface area contributed by atoms with E-state index in [0.29, 0.717) is 25.3 Å². The molecule has 1 aliphatic heterocycles. The molecule has 9 nitrogen and oxygen atoms in total. The highest BCUT2D eigenvalue weighted by Gasteiger charge is 2.34. The molecule has 0 unspecified atom stereocenters. The first kappa shape index (κ1) is 26.3.